The van der Waals surface area contributed by atoms with Crippen LogP contribution in [0.2, 0.25) is 0 Å². The van der Waals surface area contributed by atoms with Crippen LogP contribution < -0.4 is 0 Å². The molecule has 3 rings (SSSR count). The maximum absolute atomic E-state index is 14.6. The third kappa shape index (κ3) is 3.80. The molecule has 26 heavy (non-hydrogen) atoms. The number of benzene rings is 2. The molecule has 0 saturated carbocycles. The first-order valence-corrected chi connectivity index (χ1v) is 9.43. The van der Waals surface area contributed by atoms with Crippen molar-refractivity contribution in [3.63, 3.8) is 0 Å². The molecule has 2 aromatic carbocycles. The van der Waals surface area contributed by atoms with Crippen LogP contribution in [0.25, 0.3) is 11.1 Å². The second-order valence-electron chi connectivity index (χ2n) is 7.06. The molecule has 2 aromatic rings. The Morgan fingerprint density at radius 3 is 2.42 bits per heavy atom. The smallest absolute Gasteiger partial charge is 0.166 e. The number of hydrogen-bond acceptors (Lipinski definition) is 1. The van der Waals surface area contributed by atoms with Crippen LogP contribution >= 0.6 is 0 Å². The fourth-order valence-electron chi connectivity index (χ4n) is 3.60. The highest BCUT2D eigenvalue weighted by atomic mass is 19.2. The van der Waals surface area contributed by atoms with Crippen LogP contribution in [0.5, 0.6) is 0 Å². The van der Waals surface area contributed by atoms with Crippen LogP contribution in [-0.2, 0) is 11.2 Å². The maximum atomic E-state index is 14.6. The van der Waals surface area contributed by atoms with Crippen molar-refractivity contribution in [2.24, 2.45) is 5.92 Å². The Morgan fingerprint density at radius 1 is 1.00 bits per heavy atom. The summed E-state index contributed by atoms with van der Waals surface area (Å²) >= 11 is 0. The molecule has 0 aromatic heterocycles. The van der Waals surface area contributed by atoms with E-state index in [1.54, 1.807) is 18.2 Å². The molecular weight excluding hydrogens is 337 g/mol. The predicted molar refractivity (Wildman–Crippen MR) is 97.5 cm³/mol. The number of halogens is 3. The van der Waals surface area contributed by atoms with Crippen molar-refractivity contribution in [1.82, 2.24) is 0 Å². The van der Waals surface area contributed by atoms with E-state index in [1.807, 2.05) is 6.92 Å². The van der Waals surface area contributed by atoms with Crippen molar-refractivity contribution in [2.75, 3.05) is 6.61 Å². The lowest BCUT2D eigenvalue weighted by molar-refractivity contribution is -0.0198. The summed E-state index contributed by atoms with van der Waals surface area (Å²) in [6.07, 6.45) is 3.81. The summed E-state index contributed by atoms with van der Waals surface area (Å²) in [5, 5.41) is 0. The Hall–Kier alpha value is -1.81. The van der Waals surface area contributed by atoms with Gasteiger partial charge in [-0.3, -0.25) is 0 Å². The summed E-state index contributed by atoms with van der Waals surface area (Å²) in [5.74, 6) is -1.65. The van der Waals surface area contributed by atoms with E-state index in [0.717, 1.165) is 25.7 Å². The lowest BCUT2D eigenvalue weighted by Gasteiger charge is -2.29. The first-order chi connectivity index (χ1) is 12.5. The van der Waals surface area contributed by atoms with Crippen molar-refractivity contribution < 1.29 is 17.9 Å². The molecule has 4 heteroatoms. The molecule has 2 atom stereocenters. The standard InChI is InChI=1S/C22H25F3O/c1-3-5-15-7-9-17(22(25)21(15)24)16-8-10-18(19(23)12-16)20-11-6-14(4-2)13-26-20/h7-10,12,14,20H,3-6,11,13H2,1-2H3. The Balaban J connectivity index is 1.85. The van der Waals surface area contributed by atoms with Crippen LogP contribution in [0.1, 0.15) is 56.8 Å². The monoisotopic (exact) mass is 362 g/mol. The van der Waals surface area contributed by atoms with Gasteiger partial charge in [-0.25, -0.2) is 13.2 Å². The van der Waals surface area contributed by atoms with Crippen LogP contribution in [0.3, 0.4) is 0 Å². The molecule has 1 aliphatic heterocycles. The highest BCUT2D eigenvalue weighted by Gasteiger charge is 2.24. The minimum Gasteiger partial charge on any atom is -0.373 e. The molecule has 0 radical (unpaired) electrons. The topological polar surface area (TPSA) is 9.23 Å². The van der Waals surface area contributed by atoms with Crippen LogP contribution in [0.4, 0.5) is 13.2 Å². The summed E-state index contributed by atoms with van der Waals surface area (Å²) in [7, 11) is 0. The first kappa shape index (κ1) is 19.0. The van der Waals surface area contributed by atoms with Gasteiger partial charge in [-0.2, -0.15) is 0 Å². The molecule has 1 fully saturated rings. The van der Waals surface area contributed by atoms with E-state index >= 15 is 0 Å². The molecule has 1 heterocycles. The van der Waals surface area contributed by atoms with E-state index < -0.39 is 17.5 Å². The van der Waals surface area contributed by atoms with E-state index in [-0.39, 0.29) is 11.7 Å². The molecule has 1 saturated heterocycles. The van der Waals surface area contributed by atoms with E-state index in [1.165, 1.54) is 12.1 Å². The summed E-state index contributed by atoms with van der Waals surface area (Å²) < 4.78 is 49.0. The molecule has 1 nitrogen and oxygen atoms in total. The minimum atomic E-state index is -0.914. The second-order valence-corrected chi connectivity index (χ2v) is 7.06. The van der Waals surface area contributed by atoms with Gasteiger partial charge in [0, 0.05) is 11.1 Å². The molecule has 2 unspecified atom stereocenters. The van der Waals surface area contributed by atoms with Gasteiger partial charge in [0.05, 0.1) is 12.7 Å². The van der Waals surface area contributed by atoms with E-state index in [0.29, 0.717) is 35.6 Å². The van der Waals surface area contributed by atoms with Gasteiger partial charge >= 0.3 is 0 Å². The molecule has 0 amide bonds. The zero-order valence-electron chi connectivity index (χ0n) is 15.3. The van der Waals surface area contributed by atoms with E-state index in [9.17, 15) is 13.2 Å². The van der Waals surface area contributed by atoms with Gasteiger partial charge in [0.1, 0.15) is 5.82 Å². The fourth-order valence-corrected chi connectivity index (χ4v) is 3.60. The van der Waals surface area contributed by atoms with Crippen molar-refractivity contribution >= 4 is 0 Å². The third-order valence-corrected chi connectivity index (χ3v) is 5.29. The lowest BCUT2D eigenvalue weighted by Crippen LogP contribution is -2.20. The van der Waals surface area contributed by atoms with Crippen molar-refractivity contribution in [3.8, 4) is 11.1 Å². The van der Waals surface area contributed by atoms with Gasteiger partial charge in [-0.15, -0.1) is 0 Å². The van der Waals surface area contributed by atoms with Crippen LogP contribution in [0, 0.1) is 23.4 Å². The van der Waals surface area contributed by atoms with E-state index in [4.69, 9.17) is 4.74 Å². The van der Waals surface area contributed by atoms with Gasteiger partial charge in [-0.05, 0) is 42.4 Å². The normalized spacial score (nSPS) is 20.3. The number of ether oxygens (including phenoxy) is 1. The Labute approximate surface area is 153 Å². The molecule has 0 bridgehead atoms. The van der Waals surface area contributed by atoms with Crippen LogP contribution in [-0.4, -0.2) is 6.61 Å². The van der Waals surface area contributed by atoms with Gasteiger partial charge in [0.15, 0.2) is 11.6 Å². The average Bonchev–Trinajstić information content (AvgIpc) is 2.66. The molecule has 0 N–H and O–H groups in total. The third-order valence-electron chi connectivity index (χ3n) is 5.29. The fraction of sp³-hybridized carbons (Fsp3) is 0.455. The molecule has 140 valence electrons. The summed E-state index contributed by atoms with van der Waals surface area (Å²) in [4.78, 5) is 0. The highest BCUT2D eigenvalue weighted by Crippen LogP contribution is 2.35. The number of hydrogen-bond donors (Lipinski definition) is 0. The Morgan fingerprint density at radius 2 is 1.81 bits per heavy atom. The number of rotatable bonds is 5. The highest BCUT2D eigenvalue weighted by molar-refractivity contribution is 5.65. The van der Waals surface area contributed by atoms with E-state index in [2.05, 4.69) is 6.92 Å². The molecular formula is C22H25F3O. The largest absolute Gasteiger partial charge is 0.373 e. The minimum absolute atomic E-state index is 0.0865. The first-order valence-electron chi connectivity index (χ1n) is 9.43. The molecule has 0 aliphatic carbocycles. The zero-order valence-corrected chi connectivity index (χ0v) is 15.3. The summed E-state index contributed by atoms with van der Waals surface area (Å²) in [6.45, 7) is 4.68. The maximum Gasteiger partial charge on any atom is 0.166 e. The van der Waals surface area contributed by atoms with Gasteiger partial charge in [0.25, 0.3) is 0 Å². The van der Waals surface area contributed by atoms with Crippen molar-refractivity contribution in [2.45, 2.75) is 52.1 Å². The second kappa shape index (κ2) is 8.26. The average molecular weight is 362 g/mol. The Kier molecular flexibility index (Phi) is 6.02. The van der Waals surface area contributed by atoms with Gasteiger partial charge in [0.2, 0.25) is 0 Å². The summed E-state index contributed by atoms with van der Waals surface area (Å²) in [5.41, 5.74) is 1.27. The predicted octanol–water partition coefficient (Wildman–Crippen LogP) is 6.60. The zero-order chi connectivity index (χ0) is 18.7. The van der Waals surface area contributed by atoms with Crippen molar-refractivity contribution in [1.29, 1.82) is 0 Å². The van der Waals surface area contributed by atoms with Gasteiger partial charge < -0.3 is 4.74 Å². The van der Waals surface area contributed by atoms with Crippen LogP contribution in [0.15, 0.2) is 30.3 Å². The SMILES string of the molecule is CCCc1ccc(-c2ccc(C3CCC(CC)CO3)c(F)c2)c(F)c1F. The number of aryl methyl sites for hydroxylation is 1. The molecule has 1 aliphatic rings. The van der Waals surface area contributed by atoms with Gasteiger partial charge in [-0.1, -0.05) is 51.0 Å². The van der Waals surface area contributed by atoms with Crippen molar-refractivity contribution in [3.05, 3.63) is 58.9 Å². The quantitative estimate of drug-likeness (QED) is 0.582. The molecule has 0 spiro atoms. The Bertz CT molecular complexity index is 764. The lowest BCUT2D eigenvalue weighted by atomic mass is 9.92. The summed E-state index contributed by atoms with van der Waals surface area (Å²) in [6, 6.07) is 7.67.